The van der Waals surface area contributed by atoms with Crippen molar-refractivity contribution in [1.29, 1.82) is 0 Å². The zero-order chi connectivity index (χ0) is 17.4. The molecule has 0 N–H and O–H groups in total. The smallest absolute Gasteiger partial charge is 0.198 e. The van der Waals surface area contributed by atoms with Gasteiger partial charge in [0.2, 0.25) is 0 Å². The monoisotopic (exact) mass is 324 g/mol. The van der Waals surface area contributed by atoms with E-state index in [0.29, 0.717) is 16.7 Å². The Morgan fingerprint density at radius 3 is 1.76 bits per heavy atom. The highest BCUT2D eigenvalue weighted by Crippen LogP contribution is 2.36. The molecule has 0 saturated carbocycles. The Morgan fingerprint density at radius 2 is 1.16 bits per heavy atom. The van der Waals surface area contributed by atoms with Crippen molar-refractivity contribution in [3.8, 4) is 0 Å². The van der Waals surface area contributed by atoms with Gasteiger partial charge in [-0.05, 0) is 23.6 Å². The molecule has 0 aliphatic heterocycles. The number of benzene rings is 3. The Bertz CT molecular complexity index is 990. The summed E-state index contributed by atoms with van der Waals surface area (Å²) in [5, 5.41) is 0. The molecular formula is C23H16O2. The molecule has 25 heavy (non-hydrogen) atoms. The quantitative estimate of drug-likeness (QED) is 0.497. The average molecular weight is 324 g/mol. The van der Waals surface area contributed by atoms with Crippen LogP contribution in [0.25, 0.3) is 5.57 Å². The first-order chi connectivity index (χ1) is 12.2. The number of carbonyl (C=O) groups excluding carboxylic acids is 2. The molecule has 120 valence electrons. The Kier molecular flexibility index (Phi) is 3.66. The van der Waals surface area contributed by atoms with Crippen LogP contribution in [0.3, 0.4) is 0 Å². The number of hydrogen-bond donors (Lipinski definition) is 0. The minimum atomic E-state index is -0.192. The second-order valence-electron chi connectivity index (χ2n) is 6.13. The highest BCUT2D eigenvalue weighted by atomic mass is 16.2. The fraction of sp³-hybridized carbons (Fsp3) is 0.0435. The Hall–Kier alpha value is -3.26. The first-order valence-electron chi connectivity index (χ1n) is 8.22. The maximum Gasteiger partial charge on any atom is 0.198 e. The largest absolute Gasteiger partial charge is 0.288 e. The van der Waals surface area contributed by atoms with Crippen molar-refractivity contribution in [2.45, 2.75) is 6.92 Å². The van der Waals surface area contributed by atoms with Gasteiger partial charge < -0.3 is 0 Å². The normalized spacial score (nSPS) is 13.1. The van der Waals surface area contributed by atoms with Gasteiger partial charge in [0.05, 0.1) is 5.57 Å². The summed E-state index contributed by atoms with van der Waals surface area (Å²) in [5.74, 6) is -0.384. The van der Waals surface area contributed by atoms with E-state index in [4.69, 9.17) is 0 Å². The molecule has 0 aromatic heterocycles. The van der Waals surface area contributed by atoms with Gasteiger partial charge >= 0.3 is 0 Å². The molecule has 0 amide bonds. The topological polar surface area (TPSA) is 34.1 Å². The molecule has 3 aromatic carbocycles. The highest BCUT2D eigenvalue weighted by molar-refractivity contribution is 6.43. The molecule has 0 saturated heterocycles. The van der Waals surface area contributed by atoms with Crippen molar-refractivity contribution in [3.63, 3.8) is 0 Å². The molecule has 0 heterocycles. The van der Waals surface area contributed by atoms with Gasteiger partial charge in [0.25, 0.3) is 0 Å². The van der Waals surface area contributed by atoms with Crippen LogP contribution in [0.4, 0.5) is 0 Å². The van der Waals surface area contributed by atoms with Crippen molar-refractivity contribution in [2.75, 3.05) is 0 Å². The number of carbonyl (C=O) groups is 2. The van der Waals surface area contributed by atoms with Crippen LogP contribution >= 0.6 is 0 Å². The molecule has 3 aromatic rings. The number of ketones is 2. The first-order valence-corrected chi connectivity index (χ1v) is 8.22. The third-order valence-electron chi connectivity index (χ3n) is 4.60. The molecule has 0 radical (unpaired) electrons. The van der Waals surface area contributed by atoms with Gasteiger partial charge in [0, 0.05) is 16.7 Å². The highest BCUT2D eigenvalue weighted by Gasteiger charge is 2.36. The van der Waals surface area contributed by atoms with Crippen molar-refractivity contribution < 1.29 is 9.59 Å². The molecule has 0 bridgehead atoms. The summed E-state index contributed by atoms with van der Waals surface area (Å²) in [6.07, 6.45) is 0. The lowest BCUT2D eigenvalue weighted by atomic mass is 9.88. The van der Waals surface area contributed by atoms with Gasteiger partial charge in [-0.2, -0.15) is 0 Å². The van der Waals surface area contributed by atoms with E-state index in [1.165, 1.54) is 0 Å². The maximum atomic E-state index is 13.0. The molecular weight excluding hydrogens is 308 g/mol. The fourth-order valence-corrected chi connectivity index (χ4v) is 3.37. The maximum absolute atomic E-state index is 13.0. The summed E-state index contributed by atoms with van der Waals surface area (Å²) in [6, 6.07) is 24.5. The Balaban J connectivity index is 2.06. The van der Waals surface area contributed by atoms with Gasteiger partial charge in [0.15, 0.2) is 11.6 Å². The van der Waals surface area contributed by atoms with E-state index in [9.17, 15) is 9.59 Å². The van der Waals surface area contributed by atoms with E-state index >= 15 is 0 Å². The van der Waals surface area contributed by atoms with Crippen LogP contribution in [0.5, 0.6) is 0 Å². The van der Waals surface area contributed by atoms with Crippen molar-refractivity contribution >= 4 is 17.1 Å². The number of Topliss-reactive ketones (excluding diaryl/α,β-unsaturated/α-hetero) is 2. The summed E-state index contributed by atoms with van der Waals surface area (Å²) in [5.41, 5.74) is 4.78. The van der Waals surface area contributed by atoms with Crippen LogP contribution in [0.1, 0.15) is 37.4 Å². The first kappa shape index (κ1) is 15.3. The van der Waals surface area contributed by atoms with Crippen LogP contribution in [-0.2, 0) is 0 Å². The van der Waals surface area contributed by atoms with Crippen LogP contribution in [0, 0.1) is 6.92 Å². The summed E-state index contributed by atoms with van der Waals surface area (Å²) in [4.78, 5) is 26.1. The lowest BCUT2D eigenvalue weighted by molar-refractivity contribution is 0.0990. The molecule has 2 heteroatoms. The minimum Gasteiger partial charge on any atom is -0.288 e. The summed E-state index contributed by atoms with van der Waals surface area (Å²) < 4.78 is 0. The van der Waals surface area contributed by atoms with E-state index < -0.39 is 0 Å². The third kappa shape index (κ3) is 2.43. The van der Waals surface area contributed by atoms with Crippen molar-refractivity contribution in [3.05, 3.63) is 112 Å². The number of hydrogen-bond acceptors (Lipinski definition) is 2. The molecule has 4 rings (SSSR count). The number of rotatable bonds is 2. The van der Waals surface area contributed by atoms with Gasteiger partial charge in [-0.15, -0.1) is 0 Å². The van der Waals surface area contributed by atoms with Gasteiger partial charge in [-0.1, -0.05) is 78.9 Å². The Labute approximate surface area is 146 Å². The van der Waals surface area contributed by atoms with E-state index in [1.807, 2.05) is 61.5 Å². The summed E-state index contributed by atoms with van der Waals surface area (Å²) in [7, 11) is 0. The second-order valence-corrected chi connectivity index (χ2v) is 6.13. The second kappa shape index (κ2) is 5.99. The van der Waals surface area contributed by atoms with E-state index in [-0.39, 0.29) is 17.1 Å². The SMILES string of the molecule is Cc1ccccc1C(=C1C(=O)c2ccccc2C1=O)c1ccccc1. The van der Waals surface area contributed by atoms with Gasteiger partial charge in [0.1, 0.15) is 0 Å². The van der Waals surface area contributed by atoms with E-state index in [0.717, 1.165) is 16.7 Å². The summed E-state index contributed by atoms with van der Waals surface area (Å²) in [6.45, 7) is 2.00. The lowest BCUT2D eigenvalue weighted by Gasteiger charge is -2.14. The number of allylic oxidation sites excluding steroid dienone is 1. The van der Waals surface area contributed by atoms with Crippen LogP contribution < -0.4 is 0 Å². The predicted molar refractivity (Wildman–Crippen MR) is 98.7 cm³/mol. The third-order valence-corrected chi connectivity index (χ3v) is 4.60. The fourth-order valence-electron chi connectivity index (χ4n) is 3.37. The molecule has 0 fully saturated rings. The van der Waals surface area contributed by atoms with E-state index in [2.05, 4.69) is 0 Å². The molecule has 2 nitrogen and oxygen atoms in total. The van der Waals surface area contributed by atoms with Crippen molar-refractivity contribution in [2.24, 2.45) is 0 Å². The van der Waals surface area contributed by atoms with Crippen LogP contribution in [0.2, 0.25) is 0 Å². The van der Waals surface area contributed by atoms with Gasteiger partial charge in [-0.25, -0.2) is 0 Å². The number of aryl methyl sites for hydroxylation is 1. The minimum absolute atomic E-state index is 0.192. The molecule has 0 unspecified atom stereocenters. The van der Waals surface area contributed by atoms with Crippen LogP contribution in [0.15, 0.2) is 84.4 Å². The van der Waals surface area contributed by atoms with Crippen LogP contribution in [-0.4, -0.2) is 11.6 Å². The Morgan fingerprint density at radius 1 is 0.640 bits per heavy atom. The predicted octanol–water partition coefficient (Wildman–Crippen LogP) is 4.88. The zero-order valence-corrected chi connectivity index (χ0v) is 13.8. The van der Waals surface area contributed by atoms with E-state index in [1.54, 1.807) is 24.3 Å². The number of fused-ring (bicyclic) bond motifs is 1. The van der Waals surface area contributed by atoms with Crippen molar-refractivity contribution in [1.82, 2.24) is 0 Å². The summed E-state index contributed by atoms with van der Waals surface area (Å²) >= 11 is 0. The molecule has 1 aliphatic carbocycles. The average Bonchev–Trinajstić information content (AvgIpc) is 2.90. The zero-order valence-electron chi connectivity index (χ0n) is 13.8. The lowest BCUT2D eigenvalue weighted by Crippen LogP contribution is -2.07. The standard InChI is InChI=1S/C23H16O2/c1-15-9-5-6-12-17(15)20(16-10-3-2-4-11-16)21-22(24)18-13-7-8-14-19(18)23(21)25/h2-14H,1H3. The molecule has 1 aliphatic rings. The molecule has 0 spiro atoms. The van der Waals surface area contributed by atoms with Gasteiger partial charge in [-0.3, -0.25) is 9.59 Å². The molecule has 0 atom stereocenters.